The fourth-order valence-electron chi connectivity index (χ4n) is 3.62. The van der Waals surface area contributed by atoms with E-state index in [-0.39, 0.29) is 24.2 Å². The molecule has 2 heterocycles. The number of carbonyl (C=O) groups is 1. The molecule has 3 N–H and O–H groups in total. The van der Waals surface area contributed by atoms with Gasteiger partial charge in [0, 0.05) is 49.6 Å². The minimum atomic E-state index is -0.343. The molecular weight excluding hydrogens is 334 g/mol. The number of amides is 1. The number of hydrogen-bond donors (Lipinski definition) is 2. The van der Waals surface area contributed by atoms with Gasteiger partial charge in [0.25, 0.3) is 0 Å². The van der Waals surface area contributed by atoms with Crippen molar-refractivity contribution in [3.05, 3.63) is 18.2 Å². The first-order chi connectivity index (χ1) is 12.6. The van der Waals surface area contributed by atoms with E-state index >= 15 is 0 Å². The van der Waals surface area contributed by atoms with E-state index in [2.05, 4.69) is 10.2 Å². The van der Waals surface area contributed by atoms with Crippen molar-refractivity contribution in [1.29, 1.82) is 0 Å². The van der Waals surface area contributed by atoms with Crippen LogP contribution in [0.5, 0.6) is 11.5 Å². The van der Waals surface area contributed by atoms with Gasteiger partial charge in [-0.2, -0.15) is 0 Å². The van der Waals surface area contributed by atoms with E-state index in [9.17, 15) is 4.79 Å². The Morgan fingerprint density at radius 2 is 1.81 bits per heavy atom. The molecule has 0 unspecified atom stereocenters. The molecule has 7 nitrogen and oxygen atoms in total. The summed E-state index contributed by atoms with van der Waals surface area (Å²) in [6, 6.07) is 6.08. The largest absolute Gasteiger partial charge is 0.497 e. The normalized spacial score (nSPS) is 23.7. The Kier molecular flexibility index (Phi) is 6.21. The van der Waals surface area contributed by atoms with Gasteiger partial charge in [-0.05, 0) is 25.7 Å². The Morgan fingerprint density at radius 3 is 2.35 bits per heavy atom. The second-order valence-electron chi connectivity index (χ2n) is 6.90. The van der Waals surface area contributed by atoms with Crippen LogP contribution in [0.4, 0.5) is 5.69 Å². The number of rotatable bonds is 6. The molecule has 2 atom stereocenters. The maximum atomic E-state index is 12.4. The maximum absolute atomic E-state index is 12.4. The summed E-state index contributed by atoms with van der Waals surface area (Å²) in [6.45, 7) is 2.22. The summed E-state index contributed by atoms with van der Waals surface area (Å²) in [5.74, 6) is 1.56. The van der Waals surface area contributed by atoms with Crippen LogP contribution in [0.25, 0.3) is 0 Å². The summed E-state index contributed by atoms with van der Waals surface area (Å²) in [5, 5.41) is 3.14. The van der Waals surface area contributed by atoms with Crippen LogP contribution in [-0.2, 0) is 9.53 Å². The van der Waals surface area contributed by atoms with Crippen LogP contribution in [0, 0.1) is 0 Å². The summed E-state index contributed by atoms with van der Waals surface area (Å²) in [5.41, 5.74) is 6.69. The Hall–Kier alpha value is -1.99. The average molecular weight is 363 g/mol. The molecule has 0 aromatic heterocycles. The number of nitrogens with one attached hydrogen (secondary N) is 1. The number of carbonyl (C=O) groups excluding carboxylic acids is 1. The molecule has 0 aliphatic carbocycles. The van der Waals surface area contributed by atoms with Gasteiger partial charge in [-0.3, -0.25) is 4.79 Å². The van der Waals surface area contributed by atoms with Crippen LogP contribution >= 0.6 is 0 Å². The molecule has 0 spiro atoms. The molecule has 1 aromatic carbocycles. The molecule has 1 amide bonds. The number of anilines is 1. The van der Waals surface area contributed by atoms with E-state index in [1.54, 1.807) is 14.2 Å². The van der Waals surface area contributed by atoms with Crippen LogP contribution in [0.1, 0.15) is 25.7 Å². The zero-order chi connectivity index (χ0) is 18.5. The number of piperidine rings is 1. The van der Waals surface area contributed by atoms with Gasteiger partial charge in [-0.15, -0.1) is 0 Å². The smallest absolute Gasteiger partial charge is 0.249 e. The predicted molar refractivity (Wildman–Crippen MR) is 99.9 cm³/mol. The molecule has 1 aromatic rings. The number of ether oxygens (including phenoxy) is 3. The highest BCUT2D eigenvalue weighted by Gasteiger charge is 2.31. The van der Waals surface area contributed by atoms with Gasteiger partial charge < -0.3 is 30.2 Å². The van der Waals surface area contributed by atoms with Crippen LogP contribution < -0.4 is 25.4 Å². The van der Waals surface area contributed by atoms with Gasteiger partial charge in [0.2, 0.25) is 5.91 Å². The SMILES string of the molecule is COc1cc(OC)cc(N2CCC(NC(=O)[C@@H]3CC[C@H](CN)O3)CC2)c1. The molecular formula is C19H29N3O4. The Morgan fingerprint density at radius 1 is 1.15 bits per heavy atom. The highest BCUT2D eigenvalue weighted by Crippen LogP contribution is 2.30. The molecule has 7 heteroatoms. The first kappa shape index (κ1) is 18.8. The summed E-state index contributed by atoms with van der Waals surface area (Å²) in [4.78, 5) is 14.7. The molecule has 144 valence electrons. The molecule has 0 saturated carbocycles. The molecule has 0 radical (unpaired) electrons. The fourth-order valence-corrected chi connectivity index (χ4v) is 3.62. The summed E-state index contributed by atoms with van der Waals surface area (Å²) >= 11 is 0. The Labute approximate surface area is 154 Å². The second-order valence-corrected chi connectivity index (χ2v) is 6.90. The van der Waals surface area contributed by atoms with E-state index in [1.165, 1.54) is 0 Å². The fraction of sp³-hybridized carbons (Fsp3) is 0.632. The lowest BCUT2D eigenvalue weighted by Crippen LogP contribution is -2.47. The van der Waals surface area contributed by atoms with Crippen molar-refractivity contribution in [2.75, 3.05) is 38.8 Å². The molecule has 26 heavy (non-hydrogen) atoms. The molecule has 2 aliphatic rings. The van der Waals surface area contributed by atoms with Crippen molar-refractivity contribution < 1.29 is 19.0 Å². The van der Waals surface area contributed by atoms with Gasteiger partial charge in [-0.25, -0.2) is 0 Å². The minimum absolute atomic E-state index is 0.00227. The monoisotopic (exact) mass is 363 g/mol. The van der Waals surface area contributed by atoms with Gasteiger partial charge in [-0.1, -0.05) is 0 Å². The maximum Gasteiger partial charge on any atom is 0.249 e. The highest BCUT2D eigenvalue weighted by atomic mass is 16.5. The van der Waals surface area contributed by atoms with Gasteiger partial charge >= 0.3 is 0 Å². The molecule has 2 aliphatic heterocycles. The van der Waals surface area contributed by atoms with Crippen molar-refractivity contribution in [3.63, 3.8) is 0 Å². The lowest BCUT2D eigenvalue weighted by molar-refractivity contribution is -0.132. The molecule has 2 fully saturated rings. The number of benzene rings is 1. The third-order valence-corrected chi connectivity index (χ3v) is 5.21. The third-order valence-electron chi connectivity index (χ3n) is 5.21. The summed E-state index contributed by atoms with van der Waals surface area (Å²) in [7, 11) is 3.31. The van der Waals surface area contributed by atoms with Crippen LogP contribution in [0.3, 0.4) is 0 Å². The number of nitrogens with zero attached hydrogens (tertiary/aromatic N) is 1. The molecule has 3 rings (SSSR count). The lowest BCUT2D eigenvalue weighted by Gasteiger charge is -2.34. The molecule has 0 bridgehead atoms. The van der Waals surface area contributed by atoms with E-state index in [0.29, 0.717) is 6.54 Å². The first-order valence-electron chi connectivity index (χ1n) is 9.27. The zero-order valence-corrected chi connectivity index (χ0v) is 15.6. The van der Waals surface area contributed by atoms with E-state index in [1.807, 2.05) is 18.2 Å². The van der Waals surface area contributed by atoms with Crippen LogP contribution in [0.15, 0.2) is 18.2 Å². The number of methoxy groups -OCH3 is 2. The van der Waals surface area contributed by atoms with Crippen molar-refractivity contribution in [3.8, 4) is 11.5 Å². The van der Waals surface area contributed by atoms with Crippen molar-refractivity contribution in [1.82, 2.24) is 5.32 Å². The van der Waals surface area contributed by atoms with Gasteiger partial charge in [0.15, 0.2) is 0 Å². The van der Waals surface area contributed by atoms with E-state index < -0.39 is 0 Å². The lowest BCUT2D eigenvalue weighted by atomic mass is 10.0. The number of nitrogens with two attached hydrogens (primary N) is 1. The Bertz CT molecular complexity index is 595. The van der Waals surface area contributed by atoms with Gasteiger partial charge in [0.1, 0.15) is 17.6 Å². The van der Waals surface area contributed by atoms with E-state index in [4.69, 9.17) is 19.9 Å². The van der Waals surface area contributed by atoms with Crippen molar-refractivity contribution >= 4 is 11.6 Å². The van der Waals surface area contributed by atoms with Crippen molar-refractivity contribution in [2.45, 2.75) is 43.9 Å². The van der Waals surface area contributed by atoms with Crippen molar-refractivity contribution in [2.24, 2.45) is 5.73 Å². The zero-order valence-electron chi connectivity index (χ0n) is 15.6. The predicted octanol–water partition coefficient (Wildman–Crippen LogP) is 1.30. The molecule has 2 saturated heterocycles. The van der Waals surface area contributed by atoms with E-state index in [0.717, 1.165) is 56.0 Å². The minimum Gasteiger partial charge on any atom is -0.497 e. The van der Waals surface area contributed by atoms with Crippen LogP contribution in [0.2, 0.25) is 0 Å². The van der Waals surface area contributed by atoms with Crippen LogP contribution in [-0.4, -0.2) is 58.0 Å². The average Bonchev–Trinajstić information content (AvgIpc) is 3.17. The topological polar surface area (TPSA) is 86.1 Å². The highest BCUT2D eigenvalue weighted by molar-refractivity contribution is 5.81. The third kappa shape index (κ3) is 4.40. The second kappa shape index (κ2) is 8.60. The van der Waals surface area contributed by atoms with Gasteiger partial charge in [0.05, 0.1) is 20.3 Å². The first-order valence-corrected chi connectivity index (χ1v) is 9.27. The summed E-state index contributed by atoms with van der Waals surface area (Å²) in [6.07, 6.45) is 3.11. The number of hydrogen-bond acceptors (Lipinski definition) is 6. The Balaban J connectivity index is 1.52. The quantitative estimate of drug-likeness (QED) is 0.792. The standard InChI is InChI=1S/C19H29N3O4/c1-24-16-9-14(10-17(11-16)25-2)22-7-5-13(6-8-22)21-19(23)18-4-3-15(12-20)26-18/h9-11,13,15,18H,3-8,12,20H2,1-2H3,(H,21,23)/t15-,18+/m1/s1. The summed E-state index contributed by atoms with van der Waals surface area (Å²) < 4.78 is 16.4.